The molecule has 3 aromatic rings. The van der Waals surface area contributed by atoms with Gasteiger partial charge in [-0.3, -0.25) is 0 Å². The van der Waals surface area contributed by atoms with E-state index in [2.05, 4.69) is 15.5 Å². The second-order valence-corrected chi connectivity index (χ2v) is 4.38. The number of nitrogens with two attached hydrogens (primary N) is 1. The van der Waals surface area contributed by atoms with E-state index >= 15 is 0 Å². The topological polar surface area (TPSA) is 78.8 Å². The molecule has 1 heterocycles. The Morgan fingerprint density at radius 3 is 2.60 bits per heavy atom. The Morgan fingerprint density at radius 2 is 1.85 bits per heavy atom. The third kappa shape index (κ3) is 2.28. The van der Waals surface area contributed by atoms with Gasteiger partial charge in [0.15, 0.2) is 5.75 Å². The van der Waals surface area contributed by atoms with Crippen LogP contribution in [0.1, 0.15) is 0 Å². The maximum atomic E-state index is 6.06. The second-order valence-electron chi connectivity index (χ2n) is 3.97. The molecule has 7 heteroatoms. The average molecular weight is 288 g/mol. The highest BCUT2D eigenvalue weighted by molar-refractivity contribution is 6.32. The van der Waals surface area contributed by atoms with E-state index < -0.39 is 0 Å². The van der Waals surface area contributed by atoms with Gasteiger partial charge in [-0.05, 0) is 34.7 Å². The molecule has 0 aliphatic heterocycles. The van der Waals surface area contributed by atoms with Gasteiger partial charge < -0.3 is 10.5 Å². The molecular weight excluding hydrogens is 278 g/mol. The van der Waals surface area contributed by atoms with Gasteiger partial charge in [0.05, 0.1) is 16.4 Å². The van der Waals surface area contributed by atoms with Crippen molar-refractivity contribution in [2.24, 2.45) is 0 Å². The van der Waals surface area contributed by atoms with E-state index in [1.54, 1.807) is 18.2 Å². The number of para-hydroxylation sites is 2. The standard InChI is InChI=1S/C13H10ClN5O/c14-10-7-4-8-11(15)12(10)20-13-16-17-18-19(13)9-5-2-1-3-6-9/h1-8H,15H2. The van der Waals surface area contributed by atoms with E-state index in [1.165, 1.54) is 4.68 Å². The highest BCUT2D eigenvalue weighted by Crippen LogP contribution is 2.34. The molecule has 6 nitrogen and oxygen atoms in total. The zero-order valence-corrected chi connectivity index (χ0v) is 11.0. The molecule has 0 spiro atoms. The Morgan fingerprint density at radius 1 is 1.05 bits per heavy atom. The minimum atomic E-state index is 0.191. The van der Waals surface area contributed by atoms with Crippen LogP contribution in [0.5, 0.6) is 11.8 Å². The molecule has 0 atom stereocenters. The van der Waals surface area contributed by atoms with Crippen LogP contribution in [-0.2, 0) is 0 Å². The molecule has 0 aliphatic carbocycles. The number of benzene rings is 2. The summed E-state index contributed by atoms with van der Waals surface area (Å²) in [6, 6.07) is 14.7. The van der Waals surface area contributed by atoms with Gasteiger partial charge in [0.2, 0.25) is 0 Å². The van der Waals surface area contributed by atoms with Gasteiger partial charge in [-0.2, -0.15) is 4.68 Å². The first kappa shape index (κ1) is 12.4. The highest BCUT2D eigenvalue weighted by atomic mass is 35.5. The zero-order chi connectivity index (χ0) is 13.9. The van der Waals surface area contributed by atoms with Crippen molar-refractivity contribution in [3.05, 3.63) is 53.6 Å². The molecule has 0 radical (unpaired) electrons. The molecule has 2 N–H and O–H groups in total. The van der Waals surface area contributed by atoms with Crippen LogP contribution in [-0.4, -0.2) is 20.2 Å². The van der Waals surface area contributed by atoms with E-state index in [-0.39, 0.29) is 6.01 Å². The minimum absolute atomic E-state index is 0.191. The number of nitrogen functional groups attached to an aromatic ring is 1. The van der Waals surface area contributed by atoms with Crippen molar-refractivity contribution < 1.29 is 4.74 Å². The molecule has 0 aliphatic rings. The maximum absolute atomic E-state index is 6.06. The molecule has 0 amide bonds. The van der Waals surface area contributed by atoms with Crippen LogP contribution in [0.25, 0.3) is 5.69 Å². The molecule has 20 heavy (non-hydrogen) atoms. The van der Waals surface area contributed by atoms with E-state index in [0.29, 0.717) is 16.5 Å². The van der Waals surface area contributed by atoms with E-state index in [9.17, 15) is 0 Å². The summed E-state index contributed by atoms with van der Waals surface area (Å²) >= 11 is 6.06. The summed E-state index contributed by atoms with van der Waals surface area (Å²) in [5.41, 5.74) is 7.03. The maximum Gasteiger partial charge on any atom is 0.346 e. The number of halogens is 1. The lowest BCUT2D eigenvalue weighted by Crippen LogP contribution is -2.01. The molecule has 0 unspecified atom stereocenters. The number of anilines is 1. The highest BCUT2D eigenvalue weighted by Gasteiger charge is 2.14. The first-order chi connectivity index (χ1) is 9.75. The van der Waals surface area contributed by atoms with Gasteiger partial charge in [-0.15, -0.1) is 0 Å². The first-order valence-corrected chi connectivity index (χ1v) is 6.19. The third-order valence-electron chi connectivity index (χ3n) is 2.63. The third-order valence-corrected chi connectivity index (χ3v) is 2.93. The SMILES string of the molecule is Nc1cccc(Cl)c1Oc1nnnn1-c1ccccc1. The van der Waals surface area contributed by atoms with Crippen LogP contribution in [0.2, 0.25) is 5.02 Å². The summed E-state index contributed by atoms with van der Waals surface area (Å²) in [4.78, 5) is 0. The predicted molar refractivity (Wildman–Crippen MR) is 75.1 cm³/mol. The molecule has 0 saturated heterocycles. The van der Waals surface area contributed by atoms with Crippen molar-refractivity contribution >= 4 is 17.3 Å². The van der Waals surface area contributed by atoms with Crippen LogP contribution < -0.4 is 10.5 Å². The quantitative estimate of drug-likeness (QED) is 0.749. The lowest BCUT2D eigenvalue weighted by molar-refractivity contribution is 0.429. The lowest BCUT2D eigenvalue weighted by atomic mass is 10.3. The van der Waals surface area contributed by atoms with Gasteiger partial charge in [0.1, 0.15) is 0 Å². The first-order valence-electron chi connectivity index (χ1n) is 5.81. The lowest BCUT2D eigenvalue weighted by Gasteiger charge is -2.09. The summed E-state index contributed by atoms with van der Waals surface area (Å²) in [7, 11) is 0. The normalized spacial score (nSPS) is 10.4. The molecule has 0 fully saturated rings. The molecule has 0 bridgehead atoms. The Hall–Kier alpha value is -2.60. The van der Waals surface area contributed by atoms with Gasteiger partial charge in [-0.1, -0.05) is 41.0 Å². The minimum Gasteiger partial charge on any atom is -0.419 e. The van der Waals surface area contributed by atoms with E-state index in [4.69, 9.17) is 22.1 Å². The molecule has 1 aromatic heterocycles. The molecule has 2 aromatic carbocycles. The molecular formula is C13H10ClN5O. The van der Waals surface area contributed by atoms with Crippen LogP contribution in [0, 0.1) is 0 Å². The van der Waals surface area contributed by atoms with Crippen molar-refractivity contribution in [1.29, 1.82) is 0 Å². The summed E-state index contributed by atoms with van der Waals surface area (Å²) in [5.74, 6) is 0.334. The van der Waals surface area contributed by atoms with Crippen LogP contribution in [0.15, 0.2) is 48.5 Å². The van der Waals surface area contributed by atoms with Crippen molar-refractivity contribution in [3.63, 3.8) is 0 Å². The van der Waals surface area contributed by atoms with Gasteiger partial charge >= 0.3 is 6.01 Å². The number of ether oxygens (including phenoxy) is 1. The van der Waals surface area contributed by atoms with Crippen molar-refractivity contribution in [3.8, 4) is 17.4 Å². The summed E-state index contributed by atoms with van der Waals surface area (Å²) < 4.78 is 7.10. The fraction of sp³-hybridized carbons (Fsp3) is 0. The van der Waals surface area contributed by atoms with Gasteiger partial charge in [0, 0.05) is 0 Å². The van der Waals surface area contributed by atoms with Crippen LogP contribution >= 0.6 is 11.6 Å². The monoisotopic (exact) mass is 287 g/mol. The average Bonchev–Trinajstić information content (AvgIpc) is 2.92. The van der Waals surface area contributed by atoms with Crippen LogP contribution in [0.3, 0.4) is 0 Å². The molecule has 3 rings (SSSR count). The van der Waals surface area contributed by atoms with E-state index in [0.717, 1.165) is 5.69 Å². The molecule has 0 saturated carbocycles. The van der Waals surface area contributed by atoms with Gasteiger partial charge in [-0.25, -0.2) is 0 Å². The zero-order valence-electron chi connectivity index (χ0n) is 10.3. The number of hydrogen-bond donors (Lipinski definition) is 1. The fourth-order valence-corrected chi connectivity index (χ4v) is 1.92. The van der Waals surface area contributed by atoms with Crippen molar-refractivity contribution in [1.82, 2.24) is 20.2 Å². The second kappa shape index (κ2) is 5.18. The number of aromatic nitrogens is 4. The summed E-state index contributed by atoms with van der Waals surface area (Å²) in [5, 5.41) is 11.7. The number of rotatable bonds is 3. The van der Waals surface area contributed by atoms with Gasteiger partial charge in [0.25, 0.3) is 0 Å². The smallest absolute Gasteiger partial charge is 0.346 e. The Kier molecular flexibility index (Phi) is 3.22. The van der Waals surface area contributed by atoms with E-state index in [1.807, 2.05) is 30.3 Å². The number of tetrazole rings is 1. The predicted octanol–water partition coefficient (Wildman–Crippen LogP) is 2.69. The largest absolute Gasteiger partial charge is 0.419 e. The van der Waals surface area contributed by atoms with Crippen molar-refractivity contribution in [2.45, 2.75) is 0 Å². The Balaban J connectivity index is 1.99. The number of nitrogens with zero attached hydrogens (tertiary/aromatic N) is 4. The fourth-order valence-electron chi connectivity index (χ4n) is 1.70. The van der Waals surface area contributed by atoms with Crippen LogP contribution in [0.4, 0.5) is 5.69 Å². The Bertz CT molecular complexity index is 708. The Labute approximate surface area is 119 Å². The molecule has 100 valence electrons. The number of hydrogen-bond acceptors (Lipinski definition) is 5. The summed E-state index contributed by atoms with van der Waals surface area (Å²) in [6.45, 7) is 0. The van der Waals surface area contributed by atoms with Crippen molar-refractivity contribution in [2.75, 3.05) is 5.73 Å². The summed E-state index contributed by atoms with van der Waals surface area (Å²) in [6.07, 6.45) is 0.